The lowest BCUT2D eigenvalue weighted by Gasteiger charge is -2.36. The molecule has 0 atom stereocenters. The van der Waals surface area contributed by atoms with Gasteiger partial charge in [-0.05, 0) is 52.2 Å². The lowest BCUT2D eigenvalue weighted by molar-refractivity contribution is -0.133. The number of benzene rings is 2. The van der Waals surface area contributed by atoms with E-state index in [0.29, 0.717) is 5.75 Å². The minimum atomic E-state index is 0.0409. The van der Waals surface area contributed by atoms with Gasteiger partial charge in [-0.1, -0.05) is 31.2 Å². The third-order valence-corrected chi connectivity index (χ3v) is 5.13. The molecule has 4 nitrogen and oxygen atoms in total. The van der Waals surface area contributed by atoms with Crippen LogP contribution in [0, 0.1) is 0 Å². The predicted molar refractivity (Wildman–Crippen MR) is 104 cm³/mol. The fraction of sp³-hybridized carbons (Fsp3) is 0.350. The lowest BCUT2D eigenvalue weighted by atomic mass is 10.2. The van der Waals surface area contributed by atoms with E-state index in [2.05, 4.69) is 39.9 Å². The molecular formula is C20H23BrN2O2. The summed E-state index contributed by atoms with van der Waals surface area (Å²) >= 11 is 3.51. The van der Waals surface area contributed by atoms with Gasteiger partial charge in [-0.15, -0.1) is 0 Å². The molecule has 3 rings (SSSR count). The van der Waals surface area contributed by atoms with E-state index in [0.717, 1.165) is 37.1 Å². The van der Waals surface area contributed by atoms with E-state index >= 15 is 0 Å². The van der Waals surface area contributed by atoms with Gasteiger partial charge in [-0.3, -0.25) is 4.79 Å². The smallest absolute Gasteiger partial charge is 0.260 e. The van der Waals surface area contributed by atoms with E-state index in [4.69, 9.17) is 4.74 Å². The summed E-state index contributed by atoms with van der Waals surface area (Å²) in [6.07, 6.45) is 0.976. The molecule has 2 aromatic carbocycles. The Morgan fingerprint density at radius 1 is 1.08 bits per heavy atom. The number of carbonyl (C=O) groups excluding carboxylic acids is 1. The number of hydrogen-bond donors (Lipinski definition) is 0. The zero-order chi connectivity index (χ0) is 17.6. The topological polar surface area (TPSA) is 32.8 Å². The van der Waals surface area contributed by atoms with Crippen molar-refractivity contribution in [1.29, 1.82) is 0 Å². The summed E-state index contributed by atoms with van der Waals surface area (Å²) in [5.74, 6) is 0.757. The molecule has 132 valence electrons. The second kappa shape index (κ2) is 8.39. The molecular weight excluding hydrogens is 380 g/mol. The Labute approximate surface area is 157 Å². The number of hydrogen-bond acceptors (Lipinski definition) is 3. The maximum Gasteiger partial charge on any atom is 0.260 e. The molecule has 0 N–H and O–H groups in total. The van der Waals surface area contributed by atoms with Gasteiger partial charge in [-0.2, -0.15) is 0 Å². The van der Waals surface area contributed by atoms with Crippen molar-refractivity contribution in [1.82, 2.24) is 4.90 Å². The van der Waals surface area contributed by atoms with Gasteiger partial charge >= 0.3 is 0 Å². The SMILES string of the molecule is CCc1ccc(OCC(=O)N2CCN(c3ccccc3)CC2)c(Br)c1. The van der Waals surface area contributed by atoms with Crippen molar-refractivity contribution < 1.29 is 9.53 Å². The standard InChI is InChI=1S/C20H23BrN2O2/c1-2-16-8-9-19(18(21)14-16)25-15-20(24)23-12-10-22(11-13-23)17-6-4-3-5-7-17/h3-9,14H,2,10-13,15H2,1H3. The Kier molecular flexibility index (Phi) is 5.97. The highest BCUT2D eigenvalue weighted by Crippen LogP contribution is 2.26. The average molecular weight is 403 g/mol. The van der Waals surface area contributed by atoms with Crippen molar-refractivity contribution in [2.24, 2.45) is 0 Å². The Morgan fingerprint density at radius 2 is 1.80 bits per heavy atom. The molecule has 0 radical (unpaired) electrons. The van der Waals surface area contributed by atoms with Crippen molar-refractivity contribution >= 4 is 27.5 Å². The van der Waals surface area contributed by atoms with Crippen molar-refractivity contribution in [3.05, 3.63) is 58.6 Å². The molecule has 1 aliphatic rings. The molecule has 2 aromatic rings. The van der Waals surface area contributed by atoms with Gasteiger partial charge in [0.15, 0.2) is 6.61 Å². The number of carbonyl (C=O) groups is 1. The molecule has 5 heteroatoms. The highest BCUT2D eigenvalue weighted by atomic mass is 79.9. The largest absolute Gasteiger partial charge is 0.483 e. The van der Waals surface area contributed by atoms with Gasteiger partial charge < -0.3 is 14.5 Å². The lowest BCUT2D eigenvalue weighted by Crippen LogP contribution is -2.50. The monoisotopic (exact) mass is 402 g/mol. The number of halogens is 1. The van der Waals surface area contributed by atoms with Crippen LogP contribution in [0.25, 0.3) is 0 Å². The highest BCUT2D eigenvalue weighted by molar-refractivity contribution is 9.10. The van der Waals surface area contributed by atoms with Gasteiger partial charge in [0.05, 0.1) is 4.47 Å². The molecule has 0 bridgehead atoms. The van der Waals surface area contributed by atoms with E-state index in [1.165, 1.54) is 11.3 Å². The zero-order valence-corrected chi connectivity index (χ0v) is 16.0. The number of rotatable bonds is 5. The van der Waals surface area contributed by atoms with E-state index < -0.39 is 0 Å². The van der Waals surface area contributed by atoms with Gasteiger partial charge in [0, 0.05) is 31.9 Å². The number of piperazine rings is 1. The van der Waals surface area contributed by atoms with Crippen molar-refractivity contribution in [3.63, 3.8) is 0 Å². The summed E-state index contributed by atoms with van der Waals surface area (Å²) < 4.78 is 6.61. The van der Waals surface area contributed by atoms with E-state index in [9.17, 15) is 4.79 Å². The summed E-state index contributed by atoms with van der Waals surface area (Å²) in [6, 6.07) is 16.3. The average Bonchev–Trinajstić information content (AvgIpc) is 2.67. The number of ether oxygens (including phenoxy) is 1. The Morgan fingerprint density at radius 3 is 2.44 bits per heavy atom. The van der Waals surface area contributed by atoms with E-state index in [1.807, 2.05) is 41.3 Å². The minimum Gasteiger partial charge on any atom is -0.483 e. The van der Waals surface area contributed by atoms with Crippen LogP contribution in [0.1, 0.15) is 12.5 Å². The Balaban J connectivity index is 1.50. The van der Waals surface area contributed by atoms with Crippen LogP contribution >= 0.6 is 15.9 Å². The number of nitrogens with zero attached hydrogens (tertiary/aromatic N) is 2. The van der Waals surface area contributed by atoms with E-state index in [1.54, 1.807) is 0 Å². The fourth-order valence-electron chi connectivity index (χ4n) is 2.96. The molecule has 0 saturated carbocycles. The van der Waals surface area contributed by atoms with Gasteiger partial charge in [0.1, 0.15) is 5.75 Å². The second-order valence-corrected chi connectivity index (χ2v) is 6.96. The molecule has 25 heavy (non-hydrogen) atoms. The molecule has 0 unspecified atom stereocenters. The molecule has 1 heterocycles. The molecule has 0 spiro atoms. The quantitative estimate of drug-likeness (QED) is 0.763. The fourth-order valence-corrected chi connectivity index (χ4v) is 3.51. The first-order valence-corrected chi connectivity index (χ1v) is 9.45. The third-order valence-electron chi connectivity index (χ3n) is 4.51. The number of aryl methyl sites for hydroxylation is 1. The van der Waals surface area contributed by atoms with Crippen molar-refractivity contribution in [2.75, 3.05) is 37.7 Å². The van der Waals surface area contributed by atoms with E-state index in [-0.39, 0.29) is 12.5 Å². The summed E-state index contributed by atoms with van der Waals surface area (Å²) in [6.45, 7) is 5.35. The van der Waals surface area contributed by atoms with Crippen LogP contribution < -0.4 is 9.64 Å². The molecule has 1 aliphatic heterocycles. The first-order valence-electron chi connectivity index (χ1n) is 8.66. The molecule has 0 aliphatic carbocycles. The first-order chi connectivity index (χ1) is 12.2. The van der Waals surface area contributed by atoms with Crippen LogP contribution in [0.2, 0.25) is 0 Å². The number of amides is 1. The molecule has 1 amide bonds. The third kappa shape index (κ3) is 4.54. The maximum absolute atomic E-state index is 12.4. The molecule has 0 aromatic heterocycles. The summed E-state index contributed by atoms with van der Waals surface area (Å²) in [5, 5.41) is 0. The highest BCUT2D eigenvalue weighted by Gasteiger charge is 2.21. The van der Waals surface area contributed by atoms with Crippen LogP contribution in [-0.2, 0) is 11.2 Å². The summed E-state index contributed by atoms with van der Waals surface area (Å²) in [5.41, 5.74) is 2.45. The molecule has 1 saturated heterocycles. The number of anilines is 1. The zero-order valence-electron chi connectivity index (χ0n) is 14.5. The second-order valence-electron chi connectivity index (χ2n) is 6.11. The maximum atomic E-state index is 12.4. The summed E-state index contributed by atoms with van der Waals surface area (Å²) in [7, 11) is 0. The van der Waals surface area contributed by atoms with Crippen LogP contribution in [0.3, 0.4) is 0 Å². The van der Waals surface area contributed by atoms with Gasteiger partial charge in [0.25, 0.3) is 5.91 Å². The number of para-hydroxylation sites is 1. The van der Waals surface area contributed by atoms with Crippen molar-refractivity contribution in [2.45, 2.75) is 13.3 Å². The Hall–Kier alpha value is -2.01. The predicted octanol–water partition coefficient (Wildman–Crippen LogP) is 3.74. The van der Waals surface area contributed by atoms with Crippen LogP contribution in [0.4, 0.5) is 5.69 Å². The Bertz CT molecular complexity index is 713. The summed E-state index contributed by atoms with van der Waals surface area (Å²) in [4.78, 5) is 16.6. The minimum absolute atomic E-state index is 0.0409. The van der Waals surface area contributed by atoms with Crippen LogP contribution in [0.5, 0.6) is 5.75 Å². The molecule has 1 fully saturated rings. The van der Waals surface area contributed by atoms with Crippen LogP contribution in [-0.4, -0.2) is 43.6 Å². The van der Waals surface area contributed by atoms with Crippen LogP contribution in [0.15, 0.2) is 53.0 Å². The first kappa shape index (κ1) is 17.8. The van der Waals surface area contributed by atoms with Gasteiger partial charge in [-0.25, -0.2) is 0 Å². The van der Waals surface area contributed by atoms with Gasteiger partial charge in [0.2, 0.25) is 0 Å². The normalized spacial score (nSPS) is 14.5. The van der Waals surface area contributed by atoms with Crippen molar-refractivity contribution in [3.8, 4) is 5.75 Å².